The minimum Gasteiger partial charge on any atom is -0.396 e. The zero-order valence-electron chi connectivity index (χ0n) is 17.8. The van der Waals surface area contributed by atoms with Crippen LogP contribution in [0.25, 0.3) is 0 Å². The van der Waals surface area contributed by atoms with E-state index in [4.69, 9.17) is 5.11 Å². The highest BCUT2D eigenvalue weighted by atomic mass is 16.3. The minimum atomic E-state index is -1.15. The number of aliphatic hydroxyl groups is 3. The second kappa shape index (κ2) is 11.4. The molecule has 4 N–H and O–H groups in total. The number of benzene rings is 1. The third-order valence-electron chi connectivity index (χ3n) is 5.91. The number of nitrogens with zero attached hydrogens (tertiary/aromatic N) is 1. The molecule has 1 aromatic carbocycles. The minimum absolute atomic E-state index is 0.278. The first kappa shape index (κ1) is 23.4. The fourth-order valence-corrected chi connectivity index (χ4v) is 4.16. The molecule has 1 saturated heterocycles. The number of unbranched alkanes of at least 4 members (excludes halogenated alkanes) is 7. The summed E-state index contributed by atoms with van der Waals surface area (Å²) >= 11 is 0. The molecule has 168 valence electrons. The van der Waals surface area contributed by atoms with Gasteiger partial charge in [-0.1, -0.05) is 43.9 Å². The van der Waals surface area contributed by atoms with Crippen LogP contribution in [0.1, 0.15) is 90.5 Å². The summed E-state index contributed by atoms with van der Waals surface area (Å²) in [4.78, 5) is 26.7. The molecule has 0 saturated carbocycles. The largest absolute Gasteiger partial charge is 0.396 e. The summed E-state index contributed by atoms with van der Waals surface area (Å²) in [5.41, 5.74) is 1.34. The van der Waals surface area contributed by atoms with Crippen LogP contribution < -0.4 is 5.32 Å². The van der Waals surface area contributed by atoms with Gasteiger partial charge in [0.25, 0.3) is 11.8 Å². The molecule has 2 aliphatic heterocycles. The lowest BCUT2D eigenvalue weighted by molar-refractivity contribution is -0.0413. The van der Waals surface area contributed by atoms with Gasteiger partial charge in [-0.05, 0) is 43.9 Å². The summed E-state index contributed by atoms with van der Waals surface area (Å²) in [5, 5.41) is 31.1. The molecule has 1 fully saturated rings. The quantitative estimate of drug-likeness (QED) is 0.273. The Morgan fingerprint density at radius 1 is 0.935 bits per heavy atom. The maximum Gasteiger partial charge on any atom is 0.261 e. The summed E-state index contributed by atoms with van der Waals surface area (Å²) < 4.78 is 0. The van der Waals surface area contributed by atoms with Gasteiger partial charge >= 0.3 is 0 Å². The second-order valence-electron chi connectivity index (χ2n) is 8.26. The van der Waals surface area contributed by atoms with Crippen LogP contribution >= 0.6 is 0 Å². The van der Waals surface area contributed by atoms with Gasteiger partial charge in [0, 0.05) is 18.6 Å². The van der Waals surface area contributed by atoms with Crippen LogP contribution in [-0.2, 0) is 0 Å². The number of imide groups is 1. The lowest BCUT2D eigenvalue weighted by Crippen LogP contribution is -2.58. The van der Waals surface area contributed by atoms with Crippen molar-refractivity contribution in [2.24, 2.45) is 0 Å². The van der Waals surface area contributed by atoms with Gasteiger partial charge in [0.1, 0.15) is 12.5 Å². The van der Waals surface area contributed by atoms with E-state index in [1.165, 1.54) is 19.3 Å². The summed E-state index contributed by atoms with van der Waals surface area (Å²) in [7, 11) is 0. The normalized spacial score (nSPS) is 22.9. The summed E-state index contributed by atoms with van der Waals surface area (Å²) in [6.07, 6.45) is 7.16. The number of nitrogens with one attached hydrogen (secondary N) is 1. The molecule has 0 aliphatic carbocycles. The first-order valence-corrected chi connectivity index (χ1v) is 11.3. The summed E-state index contributed by atoms with van der Waals surface area (Å²) in [5.74, 6) is 5.39. The summed E-state index contributed by atoms with van der Waals surface area (Å²) in [6, 6.07) is 4.33. The lowest BCUT2D eigenvalue weighted by atomic mass is 10.0. The van der Waals surface area contributed by atoms with Gasteiger partial charge in [0.15, 0.2) is 0 Å². The van der Waals surface area contributed by atoms with Crippen molar-refractivity contribution < 1.29 is 24.9 Å². The first-order valence-electron chi connectivity index (χ1n) is 11.3. The second-order valence-corrected chi connectivity index (χ2v) is 8.26. The van der Waals surface area contributed by atoms with Gasteiger partial charge in [-0.25, -0.2) is 0 Å². The average molecular weight is 429 g/mol. The Morgan fingerprint density at radius 3 is 2.32 bits per heavy atom. The molecule has 31 heavy (non-hydrogen) atoms. The molecule has 0 radical (unpaired) electrons. The molecular formula is C24H32N2O5. The third kappa shape index (κ3) is 5.92. The summed E-state index contributed by atoms with van der Waals surface area (Å²) in [6.45, 7) is 0.278. The highest BCUT2D eigenvalue weighted by molar-refractivity contribution is 6.21. The van der Waals surface area contributed by atoms with Crippen molar-refractivity contribution in [3.05, 3.63) is 34.9 Å². The number of aliphatic hydroxyl groups excluding tert-OH is 3. The standard InChI is InChI=1S/C24H32N2O5/c27-15-9-7-5-3-1-2-4-6-8-10-17-11-12-18-19(16-17)24(31)26(23(18)30)20-13-14-21(28)25-22(20)29/h11-12,16,20-22,25,27-29H,1-7,9,13-15H2. The van der Waals surface area contributed by atoms with Crippen molar-refractivity contribution in [3.8, 4) is 11.8 Å². The van der Waals surface area contributed by atoms with Gasteiger partial charge in [0.05, 0.1) is 17.2 Å². The Balaban J connectivity index is 1.52. The molecule has 7 heteroatoms. The molecule has 0 bridgehead atoms. The zero-order chi connectivity index (χ0) is 22.2. The maximum atomic E-state index is 12.9. The maximum absolute atomic E-state index is 12.9. The van der Waals surface area contributed by atoms with Gasteiger partial charge in [-0.2, -0.15) is 0 Å². The number of rotatable bonds is 9. The van der Waals surface area contributed by atoms with E-state index in [0.29, 0.717) is 29.5 Å². The molecule has 1 aromatic rings. The van der Waals surface area contributed by atoms with E-state index in [9.17, 15) is 19.8 Å². The van der Waals surface area contributed by atoms with Crippen LogP contribution in [0.5, 0.6) is 0 Å². The molecule has 2 amide bonds. The lowest BCUT2D eigenvalue weighted by Gasteiger charge is -2.36. The average Bonchev–Trinajstić information content (AvgIpc) is 2.99. The molecule has 0 aromatic heterocycles. The van der Waals surface area contributed by atoms with E-state index in [1.807, 2.05) is 0 Å². The molecule has 3 unspecified atom stereocenters. The Kier molecular flexibility index (Phi) is 8.61. The number of hydrogen-bond acceptors (Lipinski definition) is 6. The Morgan fingerprint density at radius 2 is 1.61 bits per heavy atom. The van der Waals surface area contributed by atoms with Crippen molar-refractivity contribution in [1.29, 1.82) is 0 Å². The van der Waals surface area contributed by atoms with E-state index in [0.717, 1.165) is 37.0 Å². The molecule has 0 spiro atoms. The van der Waals surface area contributed by atoms with Crippen LogP contribution in [0, 0.1) is 11.8 Å². The Bertz CT molecular complexity index is 844. The van der Waals surface area contributed by atoms with E-state index < -0.39 is 30.3 Å². The number of fused-ring (bicyclic) bond motifs is 1. The third-order valence-corrected chi connectivity index (χ3v) is 5.91. The van der Waals surface area contributed by atoms with Gasteiger partial charge in [0.2, 0.25) is 0 Å². The predicted molar refractivity (Wildman–Crippen MR) is 116 cm³/mol. The highest BCUT2D eigenvalue weighted by Crippen LogP contribution is 2.29. The molecule has 7 nitrogen and oxygen atoms in total. The number of piperidine rings is 1. The SMILES string of the molecule is O=C1c2ccc(C#CCCCCCCCCCO)cc2C(=O)N1C1CCC(O)NC1O. The van der Waals surface area contributed by atoms with E-state index in [-0.39, 0.29) is 6.61 Å². The van der Waals surface area contributed by atoms with E-state index >= 15 is 0 Å². The number of amides is 2. The van der Waals surface area contributed by atoms with Crippen molar-refractivity contribution in [3.63, 3.8) is 0 Å². The van der Waals surface area contributed by atoms with Crippen LogP contribution in [0.3, 0.4) is 0 Å². The van der Waals surface area contributed by atoms with E-state index in [2.05, 4.69) is 17.2 Å². The first-order chi connectivity index (χ1) is 15.0. The van der Waals surface area contributed by atoms with Crippen LogP contribution in [-0.4, -0.2) is 57.1 Å². The van der Waals surface area contributed by atoms with E-state index in [1.54, 1.807) is 18.2 Å². The number of carbonyl (C=O) groups is 2. The molecule has 3 rings (SSSR count). The topological polar surface area (TPSA) is 110 Å². The van der Waals surface area contributed by atoms with Crippen molar-refractivity contribution in [2.45, 2.75) is 82.7 Å². The van der Waals surface area contributed by atoms with Crippen molar-refractivity contribution >= 4 is 11.8 Å². The smallest absolute Gasteiger partial charge is 0.261 e. The Hall–Kier alpha value is -2.24. The van der Waals surface area contributed by atoms with Crippen LogP contribution in [0.15, 0.2) is 18.2 Å². The van der Waals surface area contributed by atoms with Crippen molar-refractivity contribution in [1.82, 2.24) is 10.2 Å². The molecular weight excluding hydrogens is 396 g/mol. The fourth-order valence-electron chi connectivity index (χ4n) is 4.16. The predicted octanol–water partition coefficient (Wildman–Crippen LogP) is 2.14. The Labute approximate surface area is 183 Å². The molecule has 2 aliphatic rings. The van der Waals surface area contributed by atoms with Crippen LogP contribution in [0.2, 0.25) is 0 Å². The fraction of sp³-hybridized carbons (Fsp3) is 0.583. The molecule has 3 atom stereocenters. The number of hydrogen-bond donors (Lipinski definition) is 4. The zero-order valence-corrected chi connectivity index (χ0v) is 17.8. The van der Waals surface area contributed by atoms with Gasteiger partial charge < -0.3 is 15.3 Å². The number of carbonyl (C=O) groups excluding carboxylic acids is 2. The van der Waals surface area contributed by atoms with Gasteiger partial charge in [-0.3, -0.25) is 19.8 Å². The molecule has 2 heterocycles. The highest BCUT2D eigenvalue weighted by Gasteiger charge is 2.44. The van der Waals surface area contributed by atoms with Crippen molar-refractivity contribution in [2.75, 3.05) is 6.61 Å². The van der Waals surface area contributed by atoms with Crippen LogP contribution in [0.4, 0.5) is 0 Å². The monoisotopic (exact) mass is 428 g/mol. The van der Waals surface area contributed by atoms with Gasteiger partial charge in [-0.15, -0.1) is 0 Å².